The van der Waals surface area contributed by atoms with E-state index in [1.54, 1.807) is 0 Å². The molecule has 0 bridgehead atoms. The maximum atomic E-state index is 8.69. The van der Waals surface area contributed by atoms with Crippen molar-refractivity contribution in [2.75, 3.05) is 26.4 Å². The van der Waals surface area contributed by atoms with Gasteiger partial charge in [0, 0.05) is 25.6 Å². The highest BCUT2D eigenvalue weighted by Crippen LogP contribution is 2.21. The fraction of sp³-hybridized carbons (Fsp3) is 1.00. The standard InChI is InChI=1S/C11H23NO3/c1-10(4-3-7-13)12-6-5-11(2)14-8-9-15-11/h10,12-13H,3-9H2,1-2H3. The van der Waals surface area contributed by atoms with Gasteiger partial charge in [-0.2, -0.15) is 0 Å². The Morgan fingerprint density at radius 2 is 2.07 bits per heavy atom. The van der Waals surface area contributed by atoms with E-state index < -0.39 is 0 Å². The maximum Gasteiger partial charge on any atom is 0.166 e. The van der Waals surface area contributed by atoms with Gasteiger partial charge in [-0.05, 0) is 26.7 Å². The lowest BCUT2D eigenvalue weighted by atomic mass is 10.1. The molecular formula is C11H23NO3. The van der Waals surface area contributed by atoms with Crippen LogP contribution in [0.4, 0.5) is 0 Å². The Labute approximate surface area is 92.0 Å². The van der Waals surface area contributed by atoms with Gasteiger partial charge in [-0.1, -0.05) is 0 Å². The molecule has 2 N–H and O–H groups in total. The summed E-state index contributed by atoms with van der Waals surface area (Å²) in [6, 6.07) is 0.446. The van der Waals surface area contributed by atoms with Crippen molar-refractivity contribution >= 4 is 0 Å². The molecule has 0 amide bonds. The van der Waals surface area contributed by atoms with Crippen LogP contribution < -0.4 is 5.32 Å². The van der Waals surface area contributed by atoms with Crippen LogP contribution in [0.3, 0.4) is 0 Å². The zero-order chi connectivity index (χ0) is 11.1. The average molecular weight is 217 g/mol. The molecule has 0 aromatic carbocycles. The number of hydrogen-bond acceptors (Lipinski definition) is 4. The average Bonchev–Trinajstić information content (AvgIpc) is 2.62. The molecule has 1 aliphatic rings. The number of aliphatic hydroxyl groups excluding tert-OH is 1. The van der Waals surface area contributed by atoms with Crippen LogP contribution >= 0.6 is 0 Å². The monoisotopic (exact) mass is 217 g/mol. The van der Waals surface area contributed by atoms with Gasteiger partial charge in [-0.15, -0.1) is 0 Å². The summed E-state index contributed by atoms with van der Waals surface area (Å²) < 4.78 is 11.0. The summed E-state index contributed by atoms with van der Waals surface area (Å²) in [6.45, 7) is 6.70. The van der Waals surface area contributed by atoms with E-state index in [9.17, 15) is 0 Å². The van der Waals surface area contributed by atoms with Crippen molar-refractivity contribution in [2.24, 2.45) is 0 Å². The first-order chi connectivity index (χ1) is 7.16. The Hall–Kier alpha value is -0.160. The van der Waals surface area contributed by atoms with Crippen LogP contribution in [0.5, 0.6) is 0 Å². The van der Waals surface area contributed by atoms with Crippen molar-refractivity contribution in [2.45, 2.75) is 44.9 Å². The smallest absolute Gasteiger partial charge is 0.166 e. The number of ether oxygens (including phenoxy) is 2. The minimum Gasteiger partial charge on any atom is -0.396 e. The van der Waals surface area contributed by atoms with Gasteiger partial charge in [0.05, 0.1) is 13.2 Å². The molecular weight excluding hydrogens is 194 g/mol. The second-order valence-electron chi connectivity index (χ2n) is 4.30. The van der Waals surface area contributed by atoms with Crippen LogP contribution in [0.1, 0.15) is 33.1 Å². The molecule has 1 rings (SSSR count). The molecule has 1 heterocycles. The van der Waals surface area contributed by atoms with Crippen LogP contribution in [-0.2, 0) is 9.47 Å². The summed E-state index contributed by atoms with van der Waals surface area (Å²) in [5, 5.41) is 12.1. The first-order valence-corrected chi connectivity index (χ1v) is 5.78. The minimum absolute atomic E-state index is 0.274. The van der Waals surface area contributed by atoms with E-state index in [2.05, 4.69) is 12.2 Å². The fourth-order valence-corrected chi connectivity index (χ4v) is 1.75. The van der Waals surface area contributed by atoms with E-state index in [4.69, 9.17) is 14.6 Å². The molecule has 1 aliphatic heterocycles. The quantitative estimate of drug-likeness (QED) is 0.665. The lowest BCUT2D eigenvalue weighted by Crippen LogP contribution is -2.34. The predicted molar refractivity (Wildman–Crippen MR) is 58.7 cm³/mol. The highest BCUT2D eigenvalue weighted by Gasteiger charge is 2.30. The third-order valence-electron chi connectivity index (χ3n) is 2.77. The molecule has 4 heteroatoms. The van der Waals surface area contributed by atoms with Crippen LogP contribution in [0.25, 0.3) is 0 Å². The van der Waals surface area contributed by atoms with Gasteiger partial charge in [0.25, 0.3) is 0 Å². The Bertz CT molecular complexity index is 169. The first-order valence-electron chi connectivity index (χ1n) is 5.78. The fourth-order valence-electron chi connectivity index (χ4n) is 1.75. The SMILES string of the molecule is CC(CCCO)NCCC1(C)OCCO1. The highest BCUT2D eigenvalue weighted by atomic mass is 16.7. The van der Waals surface area contributed by atoms with Crippen molar-refractivity contribution in [1.29, 1.82) is 0 Å². The maximum absolute atomic E-state index is 8.69. The molecule has 4 nitrogen and oxygen atoms in total. The number of aliphatic hydroxyl groups is 1. The van der Waals surface area contributed by atoms with E-state index in [1.807, 2.05) is 6.92 Å². The van der Waals surface area contributed by atoms with Crippen molar-refractivity contribution in [3.63, 3.8) is 0 Å². The molecule has 90 valence electrons. The largest absolute Gasteiger partial charge is 0.396 e. The molecule has 0 aromatic heterocycles. The summed E-state index contributed by atoms with van der Waals surface area (Å²) in [5.74, 6) is -0.385. The minimum atomic E-state index is -0.385. The van der Waals surface area contributed by atoms with Gasteiger partial charge >= 0.3 is 0 Å². The second-order valence-corrected chi connectivity index (χ2v) is 4.30. The summed E-state index contributed by atoms with van der Waals surface area (Å²) >= 11 is 0. The van der Waals surface area contributed by atoms with Crippen molar-refractivity contribution in [3.8, 4) is 0 Å². The molecule has 15 heavy (non-hydrogen) atoms. The van der Waals surface area contributed by atoms with Gasteiger partial charge in [0.15, 0.2) is 5.79 Å². The highest BCUT2D eigenvalue weighted by molar-refractivity contribution is 4.71. The predicted octanol–water partition coefficient (Wildman–Crippen LogP) is 0.890. The molecule has 0 aliphatic carbocycles. The number of nitrogens with one attached hydrogen (secondary N) is 1. The molecule has 1 atom stereocenters. The summed E-state index contributed by atoms with van der Waals surface area (Å²) in [5.41, 5.74) is 0. The molecule has 0 radical (unpaired) electrons. The Morgan fingerprint density at radius 3 is 2.67 bits per heavy atom. The van der Waals surface area contributed by atoms with E-state index in [1.165, 1.54) is 0 Å². The van der Waals surface area contributed by atoms with E-state index >= 15 is 0 Å². The summed E-state index contributed by atoms with van der Waals surface area (Å²) in [4.78, 5) is 0. The van der Waals surface area contributed by atoms with Gasteiger partial charge in [0.2, 0.25) is 0 Å². The van der Waals surface area contributed by atoms with Crippen molar-refractivity contribution in [1.82, 2.24) is 5.32 Å². The lowest BCUT2D eigenvalue weighted by molar-refractivity contribution is -0.145. The van der Waals surface area contributed by atoms with Crippen LogP contribution in [-0.4, -0.2) is 43.3 Å². The summed E-state index contributed by atoms with van der Waals surface area (Å²) in [7, 11) is 0. The van der Waals surface area contributed by atoms with Gasteiger partial charge in [-0.25, -0.2) is 0 Å². The van der Waals surface area contributed by atoms with Crippen LogP contribution in [0.2, 0.25) is 0 Å². The zero-order valence-electron chi connectivity index (χ0n) is 9.79. The van der Waals surface area contributed by atoms with Crippen molar-refractivity contribution < 1.29 is 14.6 Å². The van der Waals surface area contributed by atoms with Crippen molar-refractivity contribution in [3.05, 3.63) is 0 Å². The van der Waals surface area contributed by atoms with Gasteiger partial charge in [-0.3, -0.25) is 0 Å². The van der Waals surface area contributed by atoms with Gasteiger partial charge < -0.3 is 19.9 Å². The van der Waals surface area contributed by atoms with E-state index in [0.29, 0.717) is 19.3 Å². The summed E-state index contributed by atoms with van der Waals surface area (Å²) in [6.07, 6.45) is 2.74. The second kappa shape index (κ2) is 6.43. The topological polar surface area (TPSA) is 50.7 Å². The normalized spacial score (nSPS) is 21.8. The van der Waals surface area contributed by atoms with Crippen LogP contribution in [0, 0.1) is 0 Å². The lowest BCUT2D eigenvalue weighted by Gasteiger charge is -2.23. The molecule has 0 spiro atoms. The molecule has 0 saturated carbocycles. The number of rotatable bonds is 7. The molecule has 1 unspecified atom stereocenters. The van der Waals surface area contributed by atoms with E-state index in [0.717, 1.165) is 25.8 Å². The van der Waals surface area contributed by atoms with Crippen LogP contribution in [0.15, 0.2) is 0 Å². The number of hydrogen-bond donors (Lipinski definition) is 2. The molecule has 0 aromatic rings. The zero-order valence-corrected chi connectivity index (χ0v) is 9.79. The molecule has 1 fully saturated rings. The Balaban J connectivity index is 2.04. The Morgan fingerprint density at radius 1 is 1.40 bits per heavy atom. The van der Waals surface area contributed by atoms with E-state index in [-0.39, 0.29) is 12.4 Å². The Kier molecular flexibility index (Phi) is 5.53. The first kappa shape index (κ1) is 12.9. The molecule has 1 saturated heterocycles. The third kappa shape index (κ3) is 4.93. The van der Waals surface area contributed by atoms with Gasteiger partial charge in [0.1, 0.15) is 0 Å². The third-order valence-corrected chi connectivity index (χ3v) is 2.77.